The van der Waals surface area contributed by atoms with E-state index in [2.05, 4.69) is 43.4 Å². The quantitative estimate of drug-likeness (QED) is 0.872. The zero-order valence-electron chi connectivity index (χ0n) is 12.5. The number of nitrogens with one attached hydrogen (secondary N) is 1. The van der Waals surface area contributed by atoms with Crippen molar-refractivity contribution in [2.45, 2.75) is 32.7 Å². The zero-order valence-corrected chi connectivity index (χ0v) is 12.5. The average molecular weight is 269 g/mol. The molecule has 2 heteroatoms. The lowest BCUT2D eigenvalue weighted by Gasteiger charge is -2.17. The van der Waals surface area contributed by atoms with Gasteiger partial charge in [-0.1, -0.05) is 30.3 Å². The Morgan fingerprint density at radius 2 is 1.65 bits per heavy atom. The number of rotatable bonds is 5. The van der Waals surface area contributed by atoms with Crippen LogP contribution in [0.25, 0.3) is 0 Å². The molecule has 2 aromatic carbocycles. The zero-order chi connectivity index (χ0) is 14.5. The fourth-order valence-corrected chi connectivity index (χ4v) is 2.46. The second-order valence-electron chi connectivity index (χ2n) is 5.48. The lowest BCUT2D eigenvalue weighted by Crippen LogP contribution is -2.29. The molecule has 0 bridgehead atoms. The van der Waals surface area contributed by atoms with Crippen LogP contribution in [-0.4, -0.2) is 18.2 Å². The molecule has 0 aromatic heterocycles. The van der Waals surface area contributed by atoms with Crippen molar-refractivity contribution in [2.75, 3.05) is 7.05 Å². The van der Waals surface area contributed by atoms with Crippen molar-refractivity contribution in [3.8, 4) is 5.75 Å². The van der Waals surface area contributed by atoms with Gasteiger partial charge in [0.05, 0.1) is 0 Å². The van der Waals surface area contributed by atoms with Crippen LogP contribution in [0.15, 0.2) is 42.5 Å². The Morgan fingerprint density at radius 1 is 0.950 bits per heavy atom. The molecule has 0 fully saturated rings. The van der Waals surface area contributed by atoms with E-state index in [1.165, 1.54) is 16.7 Å². The van der Waals surface area contributed by atoms with Crippen LogP contribution in [0, 0.1) is 13.8 Å². The summed E-state index contributed by atoms with van der Waals surface area (Å²) >= 11 is 0. The van der Waals surface area contributed by atoms with E-state index in [0.29, 0.717) is 11.8 Å². The third kappa shape index (κ3) is 3.84. The Bertz CT molecular complexity index is 577. The maximum atomic E-state index is 9.53. The molecule has 0 spiro atoms. The highest BCUT2D eigenvalue weighted by Crippen LogP contribution is 2.16. The molecule has 2 N–H and O–H groups in total. The van der Waals surface area contributed by atoms with Crippen LogP contribution in [-0.2, 0) is 12.8 Å². The summed E-state index contributed by atoms with van der Waals surface area (Å²) < 4.78 is 0. The van der Waals surface area contributed by atoms with Crippen LogP contribution in [0.3, 0.4) is 0 Å². The topological polar surface area (TPSA) is 32.3 Å². The van der Waals surface area contributed by atoms with Gasteiger partial charge >= 0.3 is 0 Å². The van der Waals surface area contributed by atoms with Crippen LogP contribution >= 0.6 is 0 Å². The van der Waals surface area contributed by atoms with Crippen LogP contribution in [0.5, 0.6) is 5.75 Å². The highest BCUT2D eigenvalue weighted by molar-refractivity contribution is 5.31. The predicted molar refractivity (Wildman–Crippen MR) is 84.3 cm³/mol. The summed E-state index contributed by atoms with van der Waals surface area (Å²) in [5.41, 5.74) is 5.19. The molecule has 2 nitrogen and oxygen atoms in total. The molecule has 2 aromatic rings. The molecule has 0 aliphatic carbocycles. The molecule has 0 aliphatic heterocycles. The second-order valence-corrected chi connectivity index (χ2v) is 5.48. The molecule has 0 saturated carbocycles. The molecule has 0 amide bonds. The summed E-state index contributed by atoms with van der Waals surface area (Å²) in [5, 5.41) is 12.9. The molecular weight excluding hydrogens is 246 g/mol. The third-order valence-electron chi connectivity index (χ3n) is 3.85. The van der Waals surface area contributed by atoms with E-state index in [-0.39, 0.29) is 0 Å². The highest BCUT2D eigenvalue weighted by atomic mass is 16.3. The van der Waals surface area contributed by atoms with Gasteiger partial charge in [-0.25, -0.2) is 0 Å². The van der Waals surface area contributed by atoms with Gasteiger partial charge in [0.15, 0.2) is 0 Å². The van der Waals surface area contributed by atoms with Gasteiger partial charge in [0.25, 0.3) is 0 Å². The number of aryl methyl sites for hydroxylation is 2. The summed E-state index contributed by atoms with van der Waals surface area (Å²) in [6.45, 7) is 4.30. The average Bonchev–Trinajstić information content (AvgIpc) is 2.42. The van der Waals surface area contributed by atoms with Gasteiger partial charge in [0, 0.05) is 6.04 Å². The monoisotopic (exact) mass is 269 g/mol. The van der Waals surface area contributed by atoms with Crippen molar-refractivity contribution in [1.82, 2.24) is 5.32 Å². The fraction of sp³-hybridized carbons (Fsp3) is 0.333. The molecule has 0 heterocycles. The van der Waals surface area contributed by atoms with E-state index in [0.717, 1.165) is 18.4 Å². The Labute approximate surface area is 121 Å². The van der Waals surface area contributed by atoms with E-state index in [9.17, 15) is 5.11 Å². The van der Waals surface area contributed by atoms with Crippen molar-refractivity contribution in [2.24, 2.45) is 0 Å². The lowest BCUT2D eigenvalue weighted by molar-refractivity contribution is 0.473. The van der Waals surface area contributed by atoms with Gasteiger partial charge in [-0.2, -0.15) is 0 Å². The van der Waals surface area contributed by atoms with Gasteiger partial charge in [-0.15, -0.1) is 0 Å². The van der Waals surface area contributed by atoms with Crippen LogP contribution in [0.1, 0.15) is 22.3 Å². The molecule has 106 valence electrons. The number of aromatic hydroxyl groups is 1. The van der Waals surface area contributed by atoms with E-state index in [1.54, 1.807) is 6.07 Å². The lowest BCUT2D eigenvalue weighted by atomic mass is 9.97. The molecule has 0 radical (unpaired) electrons. The maximum absolute atomic E-state index is 9.53. The minimum Gasteiger partial charge on any atom is -0.508 e. The van der Waals surface area contributed by atoms with Gasteiger partial charge in [0.2, 0.25) is 0 Å². The van der Waals surface area contributed by atoms with E-state index < -0.39 is 0 Å². The minimum atomic E-state index is 0.337. The van der Waals surface area contributed by atoms with Crippen molar-refractivity contribution < 1.29 is 5.11 Å². The first-order chi connectivity index (χ1) is 9.58. The normalized spacial score (nSPS) is 12.3. The van der Waals surface area contributed by atoms with Crippen LogP contribution in [0.2, 0.25) is 0 Å². The van der Waals surface area contributed by atoms with E-state index >= 15 is 0 Å². The number of hydrogen-bond donors (Lipinski definition) is 2. The van der Waals surface area contributed by atoms with Crippen LogP contribution in [0.4, 0.5) is 0 Å². The first kappa shape index (κ1) is 14.6. The fourth-order valence-electron chi connectivity index (χ4n) is 2.46. The van der Waals surface area contributed by atoms with Gasteiger partial charge in [0.1, 0.15) is 5.75 Å². The Morgan fingerprint density at radius 3 is 2.25 bits per heavy atom. The smallest absolute Gasteiger partial charge is 0.115 e. The molecule has 20 heavy (non-hydrogen) atoms. The minimum absolute atomic E-state index is 0.337. The number of hydrogen-bond acceptors (Lipinski definition) is 2. The molecule has 1 unspecified atom stereocenters. The standard InChI is InChI=1S/C18H23NO/c1-13-7-8-16(9-14(13)2)11-17(19-3)10-15-5-4-6-18(20)12-15/h4-9,12,17,19-20H,10-11H2,1-3H3. The predicted octanol–water partition coefficient (Wildman–Crippen LogP) is 3.38. The van der Waals surface area contributed by atoms with Crippen molar-refractivity contribution in [1.29, 1.82) is 0 Å². The van der Waals surface area contributed by atoms with Gasteiger partial charge < -0.3 is 10.4 Å². The third-order valence-corrected chi connectivity index (χ3v) is 3.85. The largest absolute Gasteiger partial charge is 0.508 e. The van der Waals surface area contributed by atoms with Gasteiger partial charge in [-0.3, -0.25) is 0 Å². The maximum Gasteiger partial charge on any atom is 0.115 e. The second kappa shape index (κ2) is 6.58. The Hall–Kier alpha value is -1.80. The van der Waals surface area contributed by atoms with Crippen molar-refractivity contribution >= 4 is 0 Å². The summed E-state index contributed by atoms with van der Waals surface area (Å²) in [5.74, 6) is 0.337. The molecule has 0 aliphatic rings. The highest BCUT2D eigenvalue weighted by Gasteiger charge is 2.09. The number of phenolic OH excluding ortho intramolecular Hbond substituents is 1. The molecule has 2 rings (SSSR count). The summed E-state index contributed by atoms with van der Waals surface area (Å²) in [6.07, 6.45) is 1.91. The first-order valence-corrected chi connectivity index (χ1v) is 7.10. The molecule has 1 atom stereocenters. The van der Waals surface area contributed by atoms with E-state index in [1.807, 2.05) is 19.2 Å². The number of likely N-dealkylation sites (N-methyl/N-ethyl adjacent to an activating group) is 1. The Balaban J connectivity index is 2.07. The first-order valence-electron chi connectivity index (χ1n) is 7.10. The van der Waals surface area contributed by atoms with E-state index in [4.69, 9.17) is 0 Å². The number of phenols is 1. The van der Waals surface area contributed by atoms with Crippen LogP contribution < -0.4 is 5.32 Å². The SMILES string of the molecule is CNC(Cc1cccc(O)c1)Cc1ccc(C)c(C)c1. The van der Waals surface area contributed by atoms with Crippen molar-refractivity contribution in [3.63, 3.8) is 0 Å². The molecule has 0 saturated heterocycles. The summed E-state index contributed by atoms with van der Waals surface area (Å²) in [6, 6.07) is 14.5. The van der Waals surface area contributed by atoms with Gasteiger partial charge in [-0.05, 0) is 68.1 Å². The summed E-state index contributed by atoms with van der Waals surface area (Å²) in [4.78, 5) is 0. The Kier molecular flexibility index (Phi) is 4.80. The summed E-state index contributed by atoms with van der Waals surface area (Å²) in [7, 11) is 1.99. The molecular formula is C18H23NO. The van der Waals surface area contributed by atoms with Crippen molar-refractivity contribution in [3.05, 3.63) is 64.7 Å². The number of benzene rings is 2.